The lowest BCUT2D eigenvalue weighted by atomic mass is 10.1. The summed E-state index contributed by atoms with van der Waals surface area (Å²) in [6.07, 6.45) is -4.49. The van der Waals surface area contributed by atoms with Crippen molar-refractivity contribution in [1.29, 1.82) is 0 Å². The summed E-state index contributed by atoms with van der Waals surface area (Å²) in [6.45, 7) is 0.561. The van der Waals surface area contributed by atoms with Crippen molar-refractivity contribution in [3.63, 3.8) is 0 Å². The molecule has 0 bridgehead atoms. The monoisotopic (exact) mass is 488 g/mol. The van der Waals surface area contributed by atoms with Crippen LogP contribution < -0.4 is 4.90 Å². The molecule has 0 atom stereocenters. The lowest BCUT2D eigenvalue weighted by Gasteiger charge is -2.31. The third-order valence-electron chi connectivity index (χ3n) is 5.30. The largest absolute Gasteiger partial charge is 0.417 e. The fourth-order valence-electron chi connectivity index (χ4n) is 3.73. The van der Waals surface area contributed by atoms with E-state index in [1.165, 1.54) is 29.5 Å². The molecule has 0 radical (unpaired) electrons. The average molecular weight is 489 g/mol. The van der Waals surface area contributed by atoms with Crippen molar-refractivity contribution in [2.75, 3.05) is 18.0 Å². The SMILES string of the molecule is O=S(=O)(c1ccccc1C(F)(F)F)C1CCN(c2nc(-c3cc(F)cc(F)c3)cs2)CC1. The molecule has 1 saturated heterocycles. The van der Waals surface area contributed by atoms with Crippen molar-refractivity contribution in [3.8, 4) is 11.3 Å². The Bertz CT molecular complexity index is 1210. The summed E-state index contributed by atoms with van der Waals surface area (Å²) in [4.78, 5) is 5.52. The molecule has 0 saturated carbocycles. The molecule has 0 N–H and O–H groups in total. The average Bonchev–Trinajstić information content (AvgIpc) is 3.23. The highest BCUT2D eigenvalue weighted by Gasteiger charge is 2.40. The third kappa shape index (κ3) is 4.49. The molecular formula is C21H17F5N2O2S2. The van der Waals surface area contributed by atoms with Crippen LogP contribution in [0.1, 0.15) is 18.4 Å². The molecule has 11 heteroatoms. The Labute approximate surface area is 185 Å². The Kier molecular flexibility index (Phi) is 5.97. The predicted molar refractivity (Wildman–Crippen MR) is 111 cm³/mol. The van der Waals surface area contributed by atoms with Gasteiger partial charge in [-0.2, -0.15) is 13.2 Å². The number of sulfone groups is 1. The summed E-state index contributed by atoms with van der Waals surface area (Å²) in [5.41, 5.74) is -0.488. The molecule has 1 fully saturated rings. The van der Waals surface area contributed by atoms with Crippen LogP contribution in [0, 0.1) is 11.6 Å². The Morgan fingerprint density at radius 3 is 2.25 bits per heavy atom. The van der Waals surface area contributed by atoms with Gasteiger partial charge in [-0.1, -0.05) is 12.1 Å². The summed E-state index contributed by atoms with van der Waals surface area (Å²) in [5.74, 6) is -1.44. The number of rotatable bonds is 4. The normalized spacial score (nSPS) is 15.8. The molecule has 0 aliphatic carbocycles. The summed E-state index contributed by atoms with van der Waals surface area (Å²) in [6, 6.07) is 7.30. The molecule has 1 aliphatic heterocycles. The van der Waals surface area contributed by atoms with Gasteiger partial charge >= 0.3 is 6.18 Å². The smallest absolute Gasteiger partial charge is 0.348 e. The van der Waals surface area contributed by atoms with Crippen LogP contribution in [0.3, 0.4) is 0 Å². The molecule has 2 heterocycles. The molecule has 32 heavy (non-hydrogen) atoms. The van der Waals surface area contributed by atoms with Crippen molar-refractivity contribution in [2.24, 2.45) is 0 Å². The number of hydrogen-bond donors (Lipinski definition) is 0. The molecule has 170 valence electrons. The van der Waals surface area contributed by atoms with Gasteiger partial charge in [0.25, 0.3) is 0 Å². The van der Waals surface area contributed by atoms with Crippen LogP contribution in [0.5, 0.6) is 0 Å². The van der Waals surface area contributed by atoms with Gasteiger partial charge in [-0.15, -0.1) is 11.3 Å². The first-order valence-electron chi connectivity index (χ1n) is 9.63. The van der Waals surface area contributed by atoms with Gasteiger partial charge in [-0.25, -0.2) is 22.2 Å². The molecule has 4 nitrogen and oxygen atoms in total. The van der Waals surface area contributed by atoms with E-state index in [9.17, 15) is 30.4 Å². The van der Waals surface area contributed by atoms with Crippen LogP contribution in [0.25, 0.3) is 11.3 Å². The van der Waals surface area contributed by atoms with Crippen LogP contribution in [0.4, 0.5) is 27.1 Å². The fraction of sp³-hybridized carbons (Fsp3) is 0.286. The molecule has 3 aromatic rings. The minimum absolute atomic E-state index is 0.137. The van der Waals surface area contributed by atoms with Crippen LogP contribution in [-0.4, -0.2) is 31.7 Å². The maximum absolute atomic E-state index is 13.5. The molecule has 1 aliphatic rings. The second kappa shape index (κ2) is 8.43. The van der Waals surface area contributed by atoms with Crippen LogP contribution in [0.2, 0.25) is 0 Å². The minimum Gasteiger partial charge on any atom is -0.348 e. The van der Waals surface area contributed by atoms with E-state index in [-0.39, 0.29) is 31.5 Å². The second-order valence-electron chi connectivity index (χ2n) is 7.40. The molecule has 0 amide bonds. The van der Waals surface area contributed by atoms with E-state index >= 15 is 0 Å². The van der Waals surface area contributed by atoms with Crippen molar-refractivity contribution in [2.45, 2.75) is 29.2 Å². The molecule has 4 rings (SSSR count). The highest BCUT2D eigenvalue weighted by Crippen LogP contribution is 2.37. The summed E-state index contributed by atoms with van der Waals surface area (Å²) in [7, 11) is -4.18. The number of halogens is 5. The van der Waals surface area contributed by atoms with Gasteiger partial charge in [0.15, 0.2) is 15.0 Å². The third-order valence-corrected chi connectivity index (χ3v) is 8.52. The van der Waals surface area contributed by atoms with E-state index in [1.807, 2.05) is 4.90 Å². The lowest BCUT2D eigenvalue weighted by molar-refractivity contribution is -0.139. The summed E-state index contributed by atoms with van der Waals surface area (Å²) in [5, 5.41) is 1.25. The minimum atomic E-state index is -4.77. The second-order valence-corrected chi connectivity index (χ2v) is 10.4. The molecule has 0 unspecified atom stereocenters. The van der Waals surface area contributed by atoms with E-state index in [0.717, 1.165) is 24.3 Å². The van der Waals surface area contributed by atoms with Crippen molar-refractivity contribution in [3.05, 3.63) is 65.0 Å². The quantitative estimate of drug-likeness (QED) is 0.452. The highest BCUT2D eigenvalue weighted by molar-refractivity contribution is 7.92. The zero-order valence-electron chi connectivity index (χ0n) is 16.4. The van der Waals surface area contributed by atoms with E-state index < -0.39 is 43.4 Å². The van der Waals surface area contributed by atoms with Crippen LogP contribution in [0.15, 0.2) is 52.7 Å². The Hall–Kier alpha value is -2.53. The Morgan fingerprint density at radius 2 is 1.62 bits per heavy atom. The van der Waals surface area contributed by atoms with Crippen molar-refractivity contribution in [1.82, 2.24) is 4.98 Å². The fourth-order valence-corrected chi connectivity index (χ4v) is 6.57. The molecular weight excluding hydrogens is 471 g/mol. The van der Waals surface area contributed by atoms with Crippen molar-refractivity contribution >= 4 is 26.3 Å². The number of piperidine rings is 1. The first-order valence-corrected chi connectivity index (χ1v) is 12.1. The first-order chi connectivity index (χ1) is 15.1. The number of anilines is 1. The van der Waals surface area contributed by atoms with E-state index in [1.54, 1.807) is 5.38 Å². The van der Waals surface area contributed by atoms with Crippen LogP contribution in [-0.2, 0) is 16.0 Å². The Balaban J connectivity index is 1.50. The topological polar surface area (TPSA) is 50.3 Å². The number of alkyl halides is 3. The van der Waals surface area contributed by atoms with Gasteiger partial charge in [0.2, 0.25) is 0 Å². The number of nitrogens with zero attached hydrogens (tertiary/aromatic N) is 2. The number of hydrogen-bond acceptors (Lipinski definition) is 5. The van der Waals surface area contributed by atoms with Crippen LogP contribution >= 0.6 is 11.3 Å². The van der Waals surface area contributed by atoms with Crippen molar-refractivity contribution < 1.29 is 30.4 Å². The zero-order chi connectivity index (χ0) is 23.1. The van der Waals surface area contributed by atoms with E-state index in [2.05, 4.69) is 4.98 Å². The van der Waals surface area contributed by atoms with E-state index in [0.29, 0.717) is 10.8 Å². The standard InChI is InChI=1S/C21H17F5N2O2S2/c22-14-9-13(10-15(23)11-14)18-12-31-20(27-18)28-7-5-16(6-8-28)32(29,30)19-4-2-1-3-17(19)21(24,25)26/h1-4,9-12,16H,5-8H2. The summed E-state index contributed by atoms with van der Waals surface area (Å²) < 4.78 is 92.7. The van der Waals surface area contributed by atoms with Gasteiger partial charge in [-0.3, -0.25) is 0 Å². The van der Waals surface area contributed by atoms with Gasteiger partial charge < -0.3 is 4.90 Å². The molecule has 1 aromatic heterocycles. The van der Waals surface area contributed by atoms with E-state index in [4.69, 9.17) is 0 Å². The number of thiazole rings is 1. The molecule has 2 aromatic carbocycles. The predicted octanol–water partition coefficient (Wildman–Crippen LogP) is 5.55. The maximum Gasteiger partial charge on any atom is 0.417 e. The zero-order valence-corrected chi connectivity index (χ0v) is 18.1. The summed E-state index contributed by atoms with van der Waals surface area (Å²) >= 11 is 1.25. The highest BCUT2D eigenvalue weighted by atomic mass is 32.2. The number of aromatic nitrogens is 1. The number of benzene rings is 2. The van der Waals surface area contributed by atoms with Gasteiger partial charge in [0.1, 0.15) is 11.6 Å². The Morgan fingerprint density at radius 1 is 1.00 bits per heavy atom. The van der Waals surface area contributed by atoms with Gasteiger partial charge in [-0.05, 0) is 37.1 Å². The molecule has 0 spiro atoms. The lowest BCUT2D eigenvalue weighted by Crippen LogP contribution is -2.39. The van der Waals surface area contributed by atoms with Gasteiger partial charge in [0, 0.05) is 30.1 Å². The van der Waals surface area contributed by atoms with Gasteiger partial charge in [0.05, 0.1) is 21.4 Å². The first kappa shape index (κ1) is 22.7. The maximum atomic E-state index is 13.5.